The van der Waals surface area contributed by atoms with Gasteiger partial charge >= 0.3 is 7.60 Å². The summed E-state index contributed by atoms with van der Waals surface area (Å²) in [4.78, 5) is 0. The van der Waals surface area contributed by atoms with Gasteiger partial charge in [0.05, 0.1) is 19.4 Å². The zero-order valence-electron chi connectivity index (χ0n) is 17.4. The molecule has 0 fully saturated rings. The van der Waals surface area contributed by atoms with Crippen LogP contribution < -0.4 is 0 Å². The molecule has 0 N–H and O–H groups in total. The van der Waals surface area contributed by atoms with Gasteiger partial charge in [-0.1, -0.05) is 97.8 Å². The maximum atomic E-state index is 12.8. The highest BCUT2D eigenvalue weighted by molar-refractivity contribution is 7.53. The van der Waals surface area contributed by atoms with E-state index < -0.39 is 7.60 Å². The highest BCUT2D eigenvalue weighted by Gasteiger charge is 2.23. The van der Waals surface area contributed by atoms with Crippen LogP contribution in [0.4, 0.5) is 0 Å². The van der Waals surface area contributed by atoms with Crippen LogP contribution in [0.1, 0.15) is 117 Å². The molecular formula is C21H45O3P. The smallest absolute Gasteiger partial charge is 0.309 e. The Kier molecular flexibility index (Phi) is 19.0. The third-order valence-corrected chi connectivity index (χ3v) is 6.62. The standard InChI is InChI=1S/C21H45O3P/c1-4-7-10-12-13-14-16-18-20-24-25(22,21-9-6-3)23-19-17-15-11-8-5-2/h4-21H2,1-3H3. The van der Waals surface area contributed by atoms with Gasteiger partial charge in [0.15, 0.2) is 0 Å². The molecule has 0 saturated heterocycles. The molecule has 4 heteroatoms. The predicted octanol–water partition coefficient (Wildman–Crippen LogP) is 8.12. The lowest BCUT2D eigenvalue weighted by molar-refractivity contribution is 0.197. The van der Waals surface area contributed by atoms with Gasteiger partial charge in [-0.2, -0.15) is 0 Å². The molecule has 0 aromatic heterocycles. The summed E-state index contributed by atoms with van der Waals surface area (Å²) in [6.07, 6.45) is 18.6. The minimum absolute atomic E-state index is 0.579. The monoisotopic (exact) mass is 376 g/mol. The van der Waals surface area contributed by atoms with Crippen molar-refractivity contribution < 1.29 is 13.6 Å². The zero-order chi connectivity index (χ0) is 18.6. The number of hydrogen-bond donors (Lipinski definition) is 0. The summed E-state index contributed by atoms with van der Waals surface area (Å²) in [5.41, 5.74) is 0. The Morgan fingerprint density at radius 1 is 0.520 bits per heavy atom. The molecule has 152 valence electrons. The molecule has 0 heterocycles. The molecule has 0 aromatic carbocycles. The Hall–Kier alpha value is 0.150. The molecule has 0 rings (SSSR count). The van der Waals surface area contributed by atoms with Gasteiger partial charge in [-0.15, -0.1) is 0 Å². The fraction of sp³-hybridized carbons (Fsp3) is 1.00. The second kappa shape index (κ2) is 18.9. The van der Waals surface area contributed by atoms with Crippen molar-refractivity contribution in [3.05, 3.63) is 0 Å². The minimum atomic E-state index is -2.86. The van der Waals surface area contributed by atoms with Gasteiger partial charge in [-0.25, -0.2) is 0 Å². The van der Waals surface area contributed by atoms with Crippen LogP contribution >= 0.6 is 7.60 Å². The van der Waals surface area contributed by atoms with Crippen LogP contribution in [-0.2, 0) is 13.6 Å². The molecule has 0 aliphatic heterocycles. The Morgan fingerprint density at radius 2 is 0.880 bits per heavy atom. The summed E-state index contributed by atoms with van der Waals surface area (Å²) in [5, 5.41) is 0. The van der Waals surface area contributed by atoms with Gasteiger partial charge in [0, 0.05) is 0 Å². The third kappa shape index (κ3) is 17.3. The van der Waals surface area contributed by atoms with E-state index in [1.54, 1.807) is 0 Å². The summed E-state index contributed by atoms with van der Waals surface area (Å²) in [5.74, 6) is 0. The maximum absolute atomic E-state index is 12.8. The Balaban J connectivity index is 3.79. The van der Waals surface area contributed by atoms with Gasteiger partial charge in [0.2, 0.25) is 0 Å². The van der Waals surface area contributed by atoms with Gasteiger partial charge in [-0.3, -0.25) is 4.57 Å². The van der Waals surface area contributed by atoms with Crippen molar-refractivity contribution in [2.75, 3.05) is 19.4 Å². The molecule has 0 radical (unpaired) electrons. The van der Waals surface area contributed by atoms with Crippen molar-refractivity contribution >= 4 is 7.60 Å². The van der Waals surface area contributed by atoms with Crippen LogP contribution in [0.5, 0.6) is 0 Å². The molecule has 0 saturated carbocycles. The van der Waals surface area contributed by atoms with E-state index in [9.17, 15) is 4.57 Å². The van der Waals surface area contributed by atoms with Crippen LogP contribution in [0, 0.1) is 0 Å². The van der Waals surface area contributed by atoms with Crippen LogP contribution in [-0.4, -0.2) is 19.4 Å². The summed E-state index contributed by atoms with van der Waals surface area (Å²) in [6, 6.07) is 0. The summed E-state index contributed by atoms with van der Waals surface area (Å²) in [6.45, 7) is 7.76. The van der Waals surface area contributed by atoms with Crippen LogP contribution in [0.15, 0.2) is 0 Å². The molecule has 0 aliphatic carbocycles. The summed E-state index contributed by atoms with van der Waals surface area (Å²) < 4.78 is 24.3. The van der Waals surface area contributed by atoms with Crippen LogP contribution in [0.2, 0.25) is 0 Å². The second-order valence-corrected chi connectivity index (χ2v) is 9.43. The number of unbranched alkanes of at least 4 members (excludes halogenated alkanes) is 12. The molecule has 1 atom stereocenters. The van der Waals surface area contributed by atoms with Crippen molar-refractivity contribution in [2.24, 2.45) is 0 Å². The second-order valence-electron chi connectivity index (χ2n) is 7.24. The lowest BCUT2D eigenvalue weighted by Gasteiger charge is -2.18. The lowest BCUT2D eigenvalue weighted by Crippen LogP contribution is -2.03. The summed E-state index contributed by atoms with van der Waals surface area (Å²) in [7, 11) is -2.86. The van der Waals surface area contributed by atoms with Crippen molar-refractivity contribution in [2.45, 2.75) is 117 Å². The topological polar surface area (TPSA) is 35.5 Å². The van der Waals surface area contributed by atoms with E-state index in [0.717, 1.165) is 25.7 Å². The first-order valence-corrected chi connectivity index (χ1v) is 12.8. The molecule has 0 bridgehead atoms. The first-order chi connectivity index (χ1) is 12.2. The molecule has 0 amide bonds. The van der Waals surface area contributed by atoms with Crippen molar-refractivity contribution in [1.29, 1.82) is 0 Å². The summed E-state index contributed by atoms with van der Waals surface area (Å²) >= 11 is 0. The lowest BCUT2D eigenvalue weighted by atomic mass is 10.1. The highest BCUT2D eigenvalue weighted by Crippen LogP contribution is 2.49. The van der Waals surface area contributed by atoms with E-state index in [0.29, 0.717) is 19.4 Å². The molecule has 0 aromatic rings. The molecule has 0 spiro atoms. The molecule has 0 aliphatic rings. The third-order valence-electron chi connectivity index (χ3n) is 4.61. The van der Waals surface area contributed by atoms with Crippen molar-refractivity contribution in [3.63, 3.8) is 0 Å². The average molecular weight is 377 g/mol. The van der Waals surface area contributed by atoms with Crippen molar-refractivity contribution in [1.82, 2.24) is 0 Å². The number of rotatable bonds is 20. The minimum Gasteiger partial charge on any atom is -0.309 e. The molecule has 1 unspecified atom stereocenters. The van der Waals surface area contributed by atoms with Gasteiger partial charge < -0.3 is 9.05 Å². The Bertz CT molecular complexity index is 308. The Labute approximate surface area is 158 Å². The van der Waals surface area contributed by atoms with Crippen LogP contribution in [0.3, 0.4) is 0 Å². The fourth-order valence-electron chi connectivity index (χ4n) is 2.87. The van der Waals surface area contributed by atoms with E-state index >= 15 is 0 Å². The zero-order valence-corrected chi connectivity index (χ0v) is 18.3. The van der Waals surface area contributed by atoms with E-state index in [1.807, 2.05) is 0 Å². The van der Waals surface area contributed by atoms with E-state index in [1.165, 1.54) is 70.6 Å². The first kappa shape index (κ1) is 25.1. The van der Waals surface area contributed by atoms with E-state index in [-0.39, 0.29) is 0 Å². The maximum Gasteiger partial charge on any atom is 0.330 e. The normalized spacial score (nSPS) is 13.9. The first-order valence-electron chi connectivity index (χ1n) is 11.1. The number of hydrogen-bond acceptors (Lipinski definition) is 3. The predicted molar refractivity (Wildman–Crippen MR) is 111 cm³/mol. The average Bonchev–Trinajstić information content (AvgIpc) is 2.62. The largest absolute Gasteiger partial charge is 0.330 e. The van der Waals surface area contributed by atoms with E-state index in [4.69, 9.17) is 9.05 Å². The van der Waals surface area contributed by atoms with Crippen LogP contribution in [0.25, 0.3) is 0 Å². The fourth-order valence-corrected chi connectivity index (χ4v) is 4.72. The molecule has 25 heavy (non-hydrogen) atoms. The van der Waals surface area contributed by atoms with Gasteiger partial charge in [0.25, 0.3) is 0 Å². The molecule has 3 nitrogen and oxygen atoms in total. The Morgan fingerprint density at radius 3 is 1.28 bits per heavy atom. The quantitative estimate of drug-likeness (QED) is 0.159. The molecular weight excluding hydrogens is 331 g/mol. The SMILES string of the molecule is CCCCCCCCCCOP(=O)(CCCC)OCCCCCCC. The van der Waals surface area contributed by atoms with Crippen molar-refractivity contribution in [3.8, 4) is 0 Å². The van der Waals surface area contributed by atoms with Gasteiger partial charge in [-0.05, 0) is 19.3 Å². The van der Waals surface area contributed by atoms with E-state index in [2.05, 4.69) is 20.8 Å². The van der Waals surface area contributed by atoms with Gasteiger partial charge in [0.1, 0.15) is 0 Å². The highest BCUT2D eigenvalue weighted by atomic mass is 31.2.